The SMILES string of the molecule is COc1ccc(/C=C/C(=O)Nc2ccc(Br)c(C)c2)cc1OC. The van der Waals surface area contributed by atoms with Crippen LogP contribution in [0.15, 0.2) is 46.9 Å². The van der Waals surface area contributed by atoms with Crippen molar-refractivity contribution in [3.63, 3.8) is 0 Å². The summed E-state index contributed by atoms with van der Waals surface area (Å²) in [5.74, 6) is 1.08. The summed E-state index contributed by atoms with van der Waals surface area (Å²) in [5, 5.41) is 2.83. The quantitative estimate of drug-likeness (QED) is 0.786. The lowest BCUT2D eigenvalue weighted by atomic mass is 10.2. The van der Waals surface area contributed by atoms with E-state index >= 15 is 0 Å². The van der Waals surface area contributed by atoms with E-state index in [0.717, 1.165) is 21.3 Å². The predicted molar refractivity (Wildman–Crippen MR) is 96.1 cm³/mol. The fraction of sp³-hybridized carbons (Fsp3) is 0.167. The van der Waals surface area contributed by atoms with Gasteiger partial charge in [-0.25, -0.2) is 0 Å². The van der Waals surface area contributed by atoms with Crippen LogP contribution < -0.4 is 14.8 Å². The summed E-state index contributed by atoms with van der Waals surface area (Å²) in [6, 6.07) is 11.1. The molecular formula is C18H18BrNO3. The summed E-state index contributed by atoms with van der Waals surface area (Å²) in [6.07, 6.45) is 3.21. The minimum absolute atomic E-state index is 0.193. The maximum Gasteiger partial charge on any atom is 0.248 e. The van der Waals surface area contributed by atoms with Gasteiger partial charge in [-0.05, 0) is 54.5 Å². The Kier molecular flexibility index (Phi) is 5.82. The smallest absolute Gasteiger partial charge is 0.248 e. The summed E-state index contributed by atoms with van der Waals surface area (Å²) in [7, 11) is 3.16. The van der Waals surface area contributed by atoms with Crippen LogP contribution in [0, 0.1) is 6.92 Å². The van der Waals surface area contributed by atoms with Gasteiger partial charge in [-0.3, -0.25) is 4.79 Å². The zero-order valence-corrected chi connectivity index (χ0v) is 14.8. The fourth-order valence-corrected chi connectivity index (χ4v) is 2.28. The molecule has 23 heavy (non-hydrogen) atoms. The first kappa shape index (κ1) is 17.1. The predicted octanol–water partition coefficient (Wildman–Crippen LogP) is 4.43. The zero-order chi connectivity index (χ0) is 16.8. The number of hydrogen-bond acceptors (Lipinski definition) is 3. The van der Waals surface area contributed by atoms with Gasteiger partial charge in [0.2, 0.25) is 5.91 Å². The average Bonchev–Trinajstić information content (AvgIpc) is 2.56. The monoisotopic (exact) mass is 375 g/mol. The van der Waals surface area contributed by atoms with Crippen LogP contribution in [0.1, 0.15) is 11.1 Å². The Morgan fingerprint density at radius 1 is 1.09 bits per heavy atom. The van der Waals surface area contributed by atoms with Crippen LogP contribution in [0.3, 0.4) is 0 Å². The van der Waals surface area contributed by atoms with E-state index < -0.39 is 0 Å². The van der Waals surface area contributed by atoms with Crippen molar-refractivity contribution in [2.24, 2.45) is 0 Å². The molecular weight excluding hydrogens is 358 g/mol. The second-order valence-corrected chi connectivity index (χ2v) is 5.76. The van der Waals surface area contributed by atoms with Crippen molar-refractivity contribution in [1.29, 1.82) is 0 Å². The molecule has 0 bridgehead atoms. The number of carbonyl (C=O) groups is 1. The topological polar surface area (TPSA) is 47.6 Å². The van der Waals surface area contributed by atoms with Gasteiger partial charge in [-0.2, -0.15) is 0 Å². The normalized spacial score (nSPS) is 10.6. The molecule has 0 aliphatic carbocycles. The van der Waals surface area contributed by atoms with Gasteiger partial charge in [0.15, 0.2) is 11.5 Å². The Bertz CT molecular complexity index is 741. The van der Waals surface area contributed by atoms with Gasteiger partial charge < -0.3 is 14.8 Å². The highest BCUT2D eigenvalue weighted by Gasteiger charge is 2.04. The van der Waals surface area contributed by atoms with Crippen LogP contribution in [0.5, 0.6) is 11.5 Å². The highest BCUT2D eigenvalue weighted by molar-refractivity contribution is 9.10. The lowest BCUT2D eigenvalue weighted by Gasteiger charge is -2.07. The number of anilines is 1. The molecule has 0 radical (unpaired) electrons. The van der Waals surface area contributed by atoms with Gasteiger partial charge in [0.25, 0.3) is 0 Å². The molecule has 4 nitrogen and oxygen atoms in total. The van der Waals surface area contributed by atoms with Crippen LogP contribution in [0.2, 0.25) is 0 Å². The number of rotatable bonds is 5. The minimum Gasteiger partial charge on any atom is -0.493 e. The molecule has 0 saturated heterocycles. The van der Waals surface area contributed by atoms with E-state index in [1.807, 2.05) is 37.3 Å². The van der Waals surface area contributed by atoms with Crippen molar-refractivity contribution in [3.8, 4) is 11.5 Å². The first-order valence-corrected chi connectivity index (χ1v) is 7.80. The number of benzene rings is 2. The van der Waals surface area contributed by atoms with E-state index in [2.05, 4.69) is 21.2 Å². The first-order valence-electron chi connectivity index (χ1n) is 7.00. The van der Waals surface area contributed by atoms with Gasteiger partial charge in [-0.1, -0.05) is 22.0 Å². The number of ether oxygens (including phenoxy) is 2. The van der Waals surface area contributed by atoms with Crippen LogP contribution in [0.4, 0.5) is 5.69 Å². The molecule has 0 aliphatic rings. The second-order valence-electron chi connectivity index (χ2n) is 4.90. The Morgan fingerprint density at radius 2 is 1.83 bits per heavy atom. The Morgan fingerprint density at radius 3 is 2.48 bits per heavy atom. The van der Waals surface area contributed by atoms with Crippen LogP contribution >= 0.6 is 15.9 Å². The summed E-state index contributed by atoms with van der Waals surface area (Å²) >= 11 is 3.43. The van der Waals surface area contributed by atoms with Crippen molar-refractivity contribution in [2.75, 3.05) is 19.5 Å². The van der Waals surface area contributed by atoms with Gasteiger partial charge >= 0.3 is 0 Å². The van der Waals surface area contributed by atoms with Crippen LogP contribution in [-0.4, -0.2) is 20.1 Å². The molecule has 5 heteroatoms. The molecule has 2 aromatic rings. The molecule has 0 aliphatic heterocycles. The van der Waals surface area contributed by atoms with E-state index in [1.54, 1.807) is 26.4 Å². The van der Waals surface area contributed by atoms with E-state index in [1.165, 1.54) is 6.08 Å². The van der Waals surface area contributed by atoms with Crippen LogP contribution in [-0.2, 0) is 4.79 Å². The number of nitrogens with one attached hydrogen (secondary N) is 1. The summed E-state index contributed by atoms with van der Waals surface area (Å²) in [5.41, 5.74) is 2.67. The summed E-state index contributed by atoms with van der Waals surface area (Å²) < 4.78 is 11.4. The van der Waals surface area contributed by atoms with E-state index in [4.69, 9.17) is 9.47 Å². The third kappa shape index (κ3) is 4.60. The largest absolute Gasteiger partial charge is 0.493 e. The van der Waals surface area contributed by atoms with Crippen molar-refractivity contribution in [2.45, 2.75) is 6.92 Å². The maximum atomic E-state index is 12.0. The van der Waals surface area contributed by atoms with Crippen LogP contribution in [0.25, 0.3) is 6.08 Å². The number of halogens is 1. The maximum absolute atomic E-state index is 12.0. The molecule has 120 valence electrons. The van der Waals surface area contributed by atoms with Gasteiger partial charge in [0.05, 0.1) is 14.2 Å². The number of aryl methyl sites for hydroxylation is 1. The first-order chi connectivity index (χ1) is 11.0. The molecule has 0 atom stereocenters. The second kappa shape index (κ2) is 7.83. The molecule has 0 aromatic heterocycles. The number of methoxy groups -OCH3 is 2. The average molecular weight is 376 g/mol. The van der Waals surface area contributed by atoms with Crippen molar-refractivity contribution in [3.05, 3.63) is 58.1 Å². The number of hydrogen-bond donors (Lipinski definition) is 1. The minimum atomic E-state index is -0.193. The van der Waals surface area contributed by atoms with Gasteiger partial charge in [-0.15, -0.1) is 0 Å². The summed E-state index contributed by atoms with van der Waals surface area (Å²) in [4.78, 5) is 12.0. The number of carbonyl (C=O) groups excluding carboxylic acids is 1. The molecule has 2 rings (SSSR count). The van der Waals surface area contributed by atoms with E-state index in [9.17, 15) is 4.79 Å². The zero-order valence-electron chi connectivity index (χ0n) is 13.2. The molecule has 2 aromatic carbocycles. The van der Waals surface area contributed by atoms with E-state index in [0.29, 0.717) is 11.5 Å². The Hall–Kier alpha value is -2.27. The third-order valence-corrected chi connectivity index (χ3v) is 4.15. The highest BCUT2D eigenvalue weighted by atomic mass is 79.9. The third-order valence-electron chi connectivity index (χ3n) is 3.26. The van der Waals surface area contributed by atoms with Crippen molar-refractivity contribution < 1.29 is 14.3 Å². The van der Waals surface area contributed by atoms with Gasteiger partial charge in [0, 0.05) is 16.2 Å². The van der Waals surface area contributed by atoms with Gasteiger partial charge in [0.1, 0.15) is 0 Å². The fourth-order valence-electron chi connectivity index (χ4n) is 2.03. The highest BCUT2D eigenvalue weighted by Crippen LogP contribution is 2.28. The van der Waals surface area contributed by atoms with Crippen molar-refractivity contribution in [1.82, 2.24) is 0 Å². The Balaban J connectivity index is 2.07. The molecule has 0 unspecified atom stereocenters. The lowest BCUT2D eigenvalue weighted by molar-refractivity contribution is -0.111. The Labute approximate surface area is 144 Å². The molecule has 0 spiro atoms. The number of amides is 1. The lowest BCUT2D eigenvalue weighted by Crippen LogP contribution is -2.07. The van der Waals surface area contributed by atoms with E-state index in [-0.39, 0.29) is 5.91 Å². The van der Waals surface area contributed by atoms with Crippen molar-refractivity contribution >= 4 is 33.6 Å². The molecule has 0 heterocycles. The molecule has 0 saturated carbocycles. The summed E-state index contributed by atoms with van der Waals surface area (Å²) in [6.45, 7) is 1.97. The standard InChI is InChI=1S/C18H18BrNO3/c1-12-10-14(6-7-15(12)19)20-18(21)9-5-13-4-8-16(22-2)17(11-13)23-3/h4-11H,1-3H3,(H,20,21)/b9-5+. The molecule has 1 amide bonds. The molecule has 1 N–H and O–H groups in total. The molecule has 0 fully saturated rings.